The lowest BCUT2D eigenvalue weighted by Crippen LogP contribution is -2.22. The molecule has 2 heterocycles. The molecule has 1 aromatic heterocycles. The zero-order valence-electron chi connectivity index (χ0n) is 9.73. The van der Waals surface area contributed by atoms with Crippen LogP contribution in [0.1, 0.15) is 6.42 Å². The van der Waals surface area contributed by atoms with Crippen molar-refractivity contribution in [2.24, 2.45) is 0 Å². The summed E-state index contributed by atoms with van der Waals surface area (Å²) in [6, 6.07) is 5.69. The third kappa shape index (κ3) is 2.34. The summed E-state index contributed by atoms with van der Waals surface area (Å²) in [5.74, 6) is 0.251. The molecular weight excluding hydrogens is 378 g/mol. The molecule has 1 unspecified atom stereocenters. The van der Waals surface area contributed by atoms with Crippen LogP contribution in [0, 0.1) is 0 Å². The van der Waals surface area contributed by atoms with E-state index in [1.807, 2.05) is 18.2 Å². The fourth-order valence-electron chi connectivity index (χ4n) is 1.99. The molecule has 1 saturated heterocycles. The Hall–Kier alpha value is -1.14. The first kappa shape index (κ1) is 12.9. The lowest BCUT2D eigenvalue weighted by atomic mass is 10.2. The highest BCUT2D eigenvalue weighted by Gasteiger charge is 2.30. The number of fused-ring (bicyclic) bond motifs is 1. The average molecular weight is 387 g/mol. The molecular formula is C13H9Br2NO3. The monoisotopic (exact) mass is 385 g/mol. The molecule has 0 bridgehead atoms. The first-order chi connectivity index (χ1) is 9.16. The van der Waals surface area contributed by atoms with E-state index in [1.165, 1.54) is 0 Å². The summed E-state index contributed by atoms with van der Waals surface area (Å²) in [7, 11) is 0. The zero-order chi connectivity index (χ0) is 13.4. The van der Waals surface area contributed by atoms with Crippen molar-refractivity contribution in [3.63, 3.8) is 0 Å². The van der Waals surface area contributed by atoms with Gasteiger partial charge in [-0.2, -0.15) is 0 Å². The van der Waals surface area contributed by atoms with Crippen molar-refractivity contribution in [2.75, 3.05) is 6.61 Å². The van der Waals surface area contributed by atoms with Gasteiger partial charge in [0.1, 0.15) is 5.52 Å². The highest BCUT2D eigenvalue weighted by Crippen LogP contribution is 2.38. The Morgan fingerprint density at radius 3 is 2.95 bits per heavy atom. The smallest absolute Gasteiger partial charge is 0.347 e. The van der Waals surface area contributed by atoms with E-state index in [9.17, 15) is 4.79 Å². The Labute approximate surface area is 126 Å². The van der Waals surface area contributed by atoms with Crippen LogP contribution in [0.15, 0.2) is 33.3 Å². The van der Waals surface area contributed by atoms with Crippen molar-refractivity contribution >= 4 is 48.7 Å². The molecule has 0 spiro atoms. The van der Waals surface area contributed by atoms with E-state index in [0.29, 0.717) is 24.3 Å². The van der Waals surface area contributed by atoms with Gasteiger partial charge in [-0.25, -0.2) is 4.79 Å². The zero-order valence-corrected chi connectivity index (χ0v) is 12.9. The molecule has 0 amide bonds. The molecule has 1 atom stereocenters. The number of benzene rings is 1. The number of cyclic esters (lactones) is 1. The Kier molecular flexibility index (Phi) is 3.45. The van der Waals surface area contributed by atoms with Crippen molar-refractivity contribution in [1.82, 2.24) is 4.98 Å². The van der Waals surface area contributed by atoms with Crippen molar-refractivity contribution in [3.8, 4) is 5.75 Å². The number of hydrogen-bond donors (Lipinski definition) is 0. The molecule has 0 aliphatic carbocycles. The first-order valence-electron chi connectivity index (χ1n) is 5.73. The fraction of sp³-hybridized carbons (Fsp3) is 0.231. The second-order valence-corrected chi connectivity index (χ2v) is 5.84. The van der Waals surface area contributed by atoms with E-state index < -0.39 is 6.10 Å². The van der Waals surface area contributed by atoms with Crippen LogP contribution in [-0.2, 0) is 9.53 Å². The Morgan fingerprint density at radius 1 is 1.37 bits per heavy atom. The van der Waals surface area contributed by atoms with Crippen molar-refractivity contribution in [1.29, 1.82) is 0 Å². The SMILES string of the molecule is O=C1OCCC1Oc1c(Br)cc(Br)c2cccnc12. The summed E-state index contributed by atoms with van der Waals surface area (Å²) in [5, 5.41) is 0.937. The average Bonchev–Trinajstić information content (AvgIpc) is 2.80. The summed E-state index contributed by atoms with van der Waals surface area (Å²) in [6.07, 6.45) is 1.71. The standard InChI is InChI=1S/C13H9Br2NO3/c14-8-6-9(15)12(11-7(8)2-1-4-16-11)19-10-3-5-18-13(10)17/h1-2,4,6,10H,3,5H2. The summed E-state index contributed by atoms with van der Waals surface area (Å²) >= 11 is 6.94. The van der Waals surface area contributed by atoms with Crippen molar-refractivity contribution in [3.05, 3.63) is 33.3 Å². The van der Waals surface area contributed by atoms with Gasteiger partial charge in [0.05, 0.1) is 11.1 Å². The predicted molar refractivity (Wildman–Crippen MR) is 77.1 cm³/mol. The van der Waals surface area contributed by atoms with Crippen LogP contribution in [0.25, 0.3) is 10.9 Å². The number of esters is 1. The molecule has 1 aliphatic heterocycles. The number of nitrogens with zero attached hydrogens (tertiary/aromatic N) is 1. The van der Waals surface area contributed by atoms with Gasteiger partial charge in [-0.1, -0.05) is 22.0 Å². The van der Waals surface area contributed by atoms with Crippen LogP contribution in [-0.4, -0.2) is 23.7 Å². The van der Waals surface area contributed by atoms with Crippen molar-refractivity contribution < 1.29 is 14.3 Å². The van der Waals surface area contributed by atoms with E-state index >= 15 is 0 Å². The largest absolute Gasteiger partial charge is 0.475 e. The minimum atomic E-state index is -0.553. The van der Waals surface area contributed by atoms with Crippen molar-refractivity contribution in [2.45, 2.75) is 12.5 Å². The quantitative estimate of drug-likeness (QED) is 0.741. The van der Waals surface area contributed by atoms with Gasteiger partial charge in [0, 0.05) is 22.5 Å². The Morgan fingerprint density at radius 2 is 2.21 bits per heavy atom. The molecule has 2 aromatic rings. The third-order valence-electron chi connectivity index (χ3n) is 2.90. The van der Waals surface area contributed by atoms with Crippen LogP contribution in [0.4, 0.5) is 0 Å². The topological polar surface area (TPSA) is 48.4 Å². The third-order valence-corrected chi connectivity index (χ3v) is 4.14. The molecule has 1 aliphatic rings. The van der Waals surface area contributed by atoms with E-state index in [2.05, 4.69) is 36.8 Å². The van der Waals surface area contributed by atoms with E-state index in [4.69, 9.17) is 9.47 Å². The number of hydrogen-bond acceptors (Lipinski definition) is 4. The molecule has 6 heteroatoms. The molecule has 19 heavy (non-hydrogen) atoms. The Balaban J connectivity index is 2.09. The lowest BCUT2D eigenvalue weighted by molar-refractivity contribution is -0.143. The van der Waals surface area contributed by atoms with Gasteiger partial charge in [0.25, 0.3) is 0 Å². The molecule has 0 radical (unpaired) electrons. The minimum Gasteiger partial charge on any atom is -0.475 e. The van der Waals surface area contributed by atoms with Crippen LogP contribution in [0.2, 0.25) is 0 Å². The number of aromatic nitrogens is 1. The fourth-order valence-corrected chi connectivity index (χ4v) is 3.35. The molecule has 3 rings (SSSR count). The molecule has 98 valence electrons. The maximum absolute atomic E-state index is 11.5. The van der Waals surface area contributed by atoms with Gasteiger partial charge in [-0.15, -0.1) is 0 Å². The van der Waals surface area contributed by atoms with E-state index in [1.54, 1.807) is 6.20 Å². The predicted octanol–water partition coefficient (Wildman–Crippen LogP) is 3.45. The molecule has 1 fully saturated rings. The number of pyridine rings is 1. The Bertz CT molecular complexity index is 660. The highest BCUT2D eigenvalue weighted by molar-refractivity contribution is 9.11. The molecule has 1 aromatic carbocycles. The number of halogens is 2. The second-order valence-electron chi connectivity index (χ2n) is 4.13. The van der Waals surface area contributed by atoms with Gasteiger partial charge < -0.3 is 9.47 Å². The summed E-state index contributed by atoms with van der Waals surface area (Å²) < 4.78 is 12.4. The highest BCUT2D eigenvalue weighted by atomic mass is 79.9. The number of carbonyl (C=O) groups is 1. The van der Waals surface area contributed by atoms with E-state index in [0.717, 1.165) is 14.3 Å². The summed E-state index contributed by atoms with van der Waals surface area (Å²) in [4.78, 5) is 15.8. The van der Waals surface area contributed by atoms with Crippen LogP contribution in [0.5, 0.6) is 5.75 Å². The van der Waals surface area contributed by atoms with Gasteiger partial charge in [-0.05, 0) is 28.1 Å². The normalized spacial score (nSPS) is 18.6. The number of rotatable bonds is 2. The maximum Gasteiger partial charge on any atom is 0.347 e. The number of ether oxygens (including phenoxy) is 2. The van der Waals surface area contributed by atoms with Crippen LogP contribution in [0.3, 0.4) is 0 Å². The lowest BCUT2D eigenvalue weighted by Gasteiger charge is -2.14. The molecule has 0 N–H and O–H groups in total. The minimum absolute atomic E-state index is 0.320. The van der Waals surface area contributed by atoms with Crippen LogP contribution < -0.4 is 4.74 Å². The molecule has 4 nitrogen and oxygen atoms in total. The molecule has 0 saturated carbocycles. The summed E-state index contributed by atoms with van der Waals surface area (Å²) in [6.45, 7) is 0.406. The van der Waals surface area contributed by atoms with Gasteiger partial charge >= 0.3 is 5.97 Å². The van der Waals surface area contributed by atoms with Gasteiger partial charge in [0.15, 0.2) is 11.9 Å². The van der Waals surface area contributed by atoms with Gasteiger partial charge in [0.2, 0.25) is 0 Å². The number of carbonyl (C=O) groups excluding carboxylic acids is 1. The van der Waals surface area contributed by atoms with E-state index in [-0.39, 0.29) is 5.97 Å². The van der Waals surface area contributed by atoms with Crippen LogP contribution >= 0.6 is 31.9 Å². The second kappa shape index (κ2) is 5.09. The first-order valence-corrected chi connectivity index (χ1v) is 7.31. The summed E-state index contributed by atoms with van der Waals surface area (Å²) in [5.41, 5.74) is 0.712. The maximum atomic E-state index is 11.5. The van der Waals surface area contributed by atoms with Gasteiger partial charge in [-0.3, -0.25) is 4.98 Å².